The molecule has 0 atom stereocenters. The molecule has 5 nitrogen and oxygen atoms in total. The molecule has 2 aromatic carbocycles. The highest BCUT2D eigenvalue weighted by Crippen LogP contribution is 2.34. The number of fused-ring (bicyclic) bond motifs is 3. The fraction of sp³-hybridized carbons (Fsp3) is 0.238. The highest BCUT2D eigenvalue weighted by molar-refractivity contribution is 5.87. The number of ether oxygens (including phenoxy) is 2. The first-order chi connectivity index (χ1) is 12.6. The van der Waals surface area contributed by atoms with Gasteiger partial charge in [0.2, 0.25) is 0 Å². The molecule has 132 valence electrons. The van der Waals surface area contributed by atoms with Crippen LogP contribution in [0.15, 0.2) is 41.2 Å². The van der Waals surface area contributed by atoms with Crippen molar-refractivity contribution in [1.29, 1.82) is 0 Å². The molecule has 0 radical (unpaired) electrons. The normalized spacial score (nSPS) is 14.7. The van der Waals surface area contributed by atoms with Gasteiger partial charge < -0.3 is 14.0 Å². The molecule has 0 saturated heterocycles. The van der Waals surface area contributed by atoms with Gasteiger partial charge in [-0.1, -0.05) is 29.8 Å². The molecule has 0 N–H and O–H groups in total. The molecule has 0 aliphatic carbocycles. The van der Waals surface area contributed by atoms with Gasteiger partial charge in [-0.2, -0.15) is 4.98 Å². The van der Waals surface area contributed by atoms with E-state index in [1.807, 2.05) is 6.07 Å². The molecule has 0 bridgehead atoms. The third kappa shape index (κ3) is 2.65. The van der Waals surface area contributed by atoms with Crippen LogP contribution in [0.1, 0.15) is 23.4 Å². The summed E-state index contributed by atoms with van der Waals surface area (Å²) in [5, 5.41) is 0.544. The van der Waals surface area contributed by atoms with Crippen molar-refractivity contribution >= 4 is 22.6 Å². The number of hydrogen-bond donors (Lipinski definition) is 0. The summed E-state index contributed by atoms with van der Waals surface area (Å²) in [5.74, 6) is 1.87. The molecule has 1 aliphatic heterocycles. The smallest absolute Gasteiger partial charge is 0.281 e. The van der Waals surface area contributed by atoms with Crippen molar-refractivity contribution in [3.05, 3.63) is 63.7 Å². The zero-order chi connectivity index (χ0) is 18.3. The average molecular weight is 348 g/mol. The highest BCUT2D eigenvalue weighted by Gasteiger charge is 2.22. The van der Waals surface area contributed by atoms with Crippen molar-refractivity contribution in [1.82, 2.24) is 9.55 Å². The first kappa shape index (κ1) is 16.4. The number of nitrogens with zero attached hydrogens (tertiary/aromatic N) is 2. The Bertz CT molecular complexity index is 1080. The molecule has 4 rings (SSSR count). The highest BCUT2D eigenvalue weighted by atomic mass is 16.5. The maximum absolute atomic E-state index is 12.6. The molecule has 3 aromatic rings. The summed E-state index contributed by atoms with van der Waals surface area (Å²) >= 11 is 0. The van der Waals surface area contributed by atoms with E-state index in [-0.39, 0.29) is 5.56 Å². The van der Waals surface area contributed by atoms with Gasteiger partial charge in [-0.25, -0.2) is 0 Å². The fourth-order valence-corrected chi connectivity index (χ4v) is 3.41. The maximum atomic E-state index is 12.6. The second-order valence-corrected chi connectivity index (χ2v) is 6.45. The summed E-state index contributed by atoms with van der Waals surface area (Å²) in [6.07, 6.45) is 2.95. The molecule has 0 amide bonds. The van der Waals surface area contributed by atoms with Crippen molar-refractivity contribution in [3.63, 3.8) is 0 Å². The molecular formula is C21H20N2O3. The number of benzene rings is 2. The number of aromatic nitrogens is 2. The van der Waals surface area contributed by atoms with Crippen molar-refractivity contribution in [3.8, 4) is 11.5 Å². The molecule has 0 saturated carbocycles. The van der Waals surface area contributed by atoms with Crippen LogP contribution in [0.3, 0.4) is 0 Å². The Morgan fingerprint density at radius 2 is 1.77 bits per heavy atom. The van der Waals surface area contributed by atoms with Gasteiger partial charge in [0, 0.05) is 12.6 Å². The van der Waals surface area contributed by atoms with E-state index in [1.54, 1.807) is 20.3 Å². The van der Waals surface area contributed by atoms with Crippen molar-refractivity contribution < 1.29 is 9.47 Å². The third-order valence-electron chi connectivity index (χ3n) is 4.80. The largest absolute Gasteiger partial charge is 0.493 e. The lowest BCUT2D eigenvalue weighted by Gasteiger charge is -2.12. The summed E-state index contributed by atoms with van der Waals surface area (Å²) in [6, 6.07) is 11.9. The van der Waals surface area contributed by atoms with Crippen LogP contribution in [-0.2, 0) is 6.54 Å². The Kier molecular flexibility index (Phi) is 3.99. The average Bonchev–Trinajstić information content (AvgIpc) is 3.05. The molecule has 0 spiro atoms. The number of methoxy groups -OCH3 is 2. The molecule has 0 fully saturated rings. The van der Waals surface area contributed by atoms with E-state index in [2.05, 4.69) is 46.8 Å². The Morgan fingerprint density at radius 1 is 1.08 bits per heavy atom. The van der Waals surface area contributed by atoms with Crippen LogP contribution in [0, 0.1) is 6.92 Å². The van der Waals surface area contributed by atoms with E-state index in [1.165, 1.54) is 5.56 Å². The molecular weight excluding hydrogens is 328 g/mol. The van der Waals surface area contributed by atoms with Crippen LogP contribution >= 0.6 is 0 Å². The van der Waals surface area contributed by atoms with E-state index in [0.717, 1.165) is 35.4 Å². The van der Waals surface area contributed by atoms with Gasteiger partial charge >= 0.3 is 0 Å². The number of rotatable bonds is 3. The van der Waals surface area contributed by atoms with Crippen molar-refractivity contribution in [2.45, 2.75) is 19.9 Å². The maximum Gasteiger partial charge on any atom is 0.281 e. The molecule has 1 aromatic heterocycles. The molecule has 2 heterocycles. The SMILES string of the molecule is COc1cc2c(=O)nc3n(c2cc1OC)CC/C3=C/c1ccc(C)cc1. The van der Waals surface area contributed by atoms with Gasteiger partial charge in [0.25, 0.3) is 5.56 Å². The second-order valence-electron chi connectivity index (χ2n) is 6.45. The zero-order valence-electron chi connectivity index (χ0n) is 15.1. The van der Waals surface area contributed by atoms with Gasteiger partial charge in [-0.3, -0.25) is 4.79 Å². The summed E-state index contributed by atoms with van der Waals surface area (Å²) in [7, 11) is 3.15. The minimum atomic E-state index is -0.246. The van der Waals surface area contributed by atoms with Gasteiger partial charge in [-0.15, -0.1) is 0 Å². The van der Waals surface area contributed by atoms with E-state index in [4.69, 9.17) is 9.47 Å². The standard InChI is InChI=1S/C21H20N2O3/c1-13-4-6-14(7-5-13)10-15-8-9-23-17-12-19(26-3)18(25-2)11-16(17)21(24)22-20(15)23/h4-7,10-12H,8-9H2,1-3H3/b15-10-. The van der Waals surface area contributed by atoms with E-state index in [9.17, 15) is 4.79 Å². The van der Waals surface area contributed by atoms with Crippen LogP contribution in [0.4, 0.5) is 0 Å². The lowest BCUT2D eigenvalue weighted by molar-refractivity contribution is 0.355. The van der Waals surface area contributed by atoms with Crippen LogP contribution in [-0.4, -0.2) is 23.8 Å². The lowest BCUT2D eigenvalue weighted by Crippen LogP contribution is -2.14. The Balaban J connectivity index is 1.90. The van der Waals surface area contributed by atoms with Crippen LogP contribution < -0.4 is 15.0 Å². The minimum Gasteiger partial charge on any atom is -0.493 e. The van der Waals surface area contributed by atoms with Gasteiger partial charge in [0.15, 0.2) is 11.5 Å². The Hall–Kier alpha value is -3.08. The van der Waals surface area contributed by atoms with Gasteiger partial charge in [0.1, 0.15) is 5.82 Å². The zero-order valence-corrected chi connectivity index (χ0v) is 15.1. The Labute approximate surface area is 151 Å². The molecule has 26 heavy (non-hydrogen) atoms. The van der Waals surface area contributed by atoms with Crippen molar-refractivity contribution in [2.24, 2.45) is 0 Å². The monoisotopic (exact) mass is 348 g/mol. The molecule has 1 aliphatic rings. The topological polar surface area (TPSA) is 53.3 Å². The molecule has 5 heteroatoms. The number of aryl methyl sites for hydroxylation is 2. The third-order valence-corrected chi connectivity index (χ3v) is 4.80. The quantitative estimate of drug-likeness (QED) is 0.725. The second kappa shape index (κ2) is 6.33. The van der Waals surface area contributed by atoms with Crippen LogP contribution in [0.5, 0.6) is 11.5 Å². The van der Waals surface area contributed by atoms with Gasteiger partial charge in [-0.05, 0) is 36.6 Å². The van der Waals surface area contributed by atoms with E-state index < -0.39 is 0 Å². The number of allylic oxidation sites excluding steroid dienone is 1. The van der Waals surface area contributed by atoms with Crippen LogP contribution in [0.2, 0.25) is 0 Å². The predicted molar refractivity (Wildman–Crippen MR) is 103 cm³/mol. The number of hydrogen-bond acceptors (Lipinski definition) is 4. The van der Waals surface area contributed by atoms with Gasteiger partial charge in [0.05, 0.1) is 25.1 Å². The summed E-state index contributed by atoms with van der Waals surface area (Å²) in [6.45, 7) is 2.85. The summed E-state index contributed by atoms with van der Waals surface area (Å²) in [5.41, 5.74) is 3.98. The molecule has 0 unspecified atom stereocenters. The minimum absolute atomic E-state index is 0.246. The first-order valence-corrected chi connectivity index (χ1v) is 8.55. The fourth-order valence-electron chi connectivity index (χ4n) is 3.41. The summed E-state index contributed by atoms with van der Waals surface area (Å²) in [4.78, 5) is 17.0. The predicted octanol–water partition coefficient (Wildman–Crippen LogP) is 3.67. The Morgan fingerprint density at radius 3 is 2.46 bits per heavy atom. The van der Waals surface area contributed by atoms with E-state index >= 15 is 0 Å². The van der Waals surface area contributed by atoms with Crippen molar-refractivity contribution in [2.75, 3.05) is 14.2 Å². The van der Waals surface area contributed by atoms with E-state index in [0.29, 0.717) is 16.9 Å². The van der Waals surface area contributed by atoms with Crippen LogP contribution in [0.25, 0.3) is 22.6 Å². The first-order valence-electron chi connectivity index (χ1n) is 8.55. The summed E-state index contributed by atoms with van der Waals surface area (Å²) < 4.78 is 12.8. The lowest BCUT2D eigenvalue weighted by atomic mass is 10.1.